The summed E-state index contributed by atoms with van der Waals surface area (Å²) >= 11 is 1.47. The van der Waals surface area contributed by atoms with Crippen LogP contribution in [0.4, 0.5) is 5.00 Å². The topological polar surface area (TPSA) is 50.3 Å². The van der Waals surface area contributed by atoms with Gasteiger partial charge in [0, 0.05) is 38.3 Å². The molecular weight excluding hydrogens is 260 g/mol. The number of hydrogen-bond donors (Lipinski definition) is 1. The fourth-order valence-corrected chi connectivity index (χ4v) is 3.16. The van der Waals surface area contributed by atoms with Crippen LogP contribution in [0.3, 0.4) is 0 Å². The van der Waals surface area contributed by atoms with Crippen LogP contribution >= 0.6 is 11.5 Å². The van der Waals surface area contributed by atoms with Gasteiger partial charge in [-0.1, -0.05) is 11.4 Å². The van der Waals surface area contributed by atoms with Crippen LogP contribution in [-0.4, -0.2) is 47.8 Å². The molecule has 108 valence electrons. The molecule has 1 aliphatic heterocycles. The van der Waals surface area contributed by atoms with Gasteiger partial charge in [0.05, 0.1) is 6.61 Å². The molecule has 1 aromatic heterocycles. The fourth-order valence-electron chi connectivity index (χ4n) is 2.56. The van der Waals surface area contributed by atoms with Gasteiger partial charge in [0.1, 0.15) is 10.7 Å². The highest BCUT2D eigenvalue weighted by Crippen LogP contribution is 2.23. The highest BCUT2D eigenvalue weighted by Gasteiger charge is 2.21. The minimum Gasteiger partial charge on any atom is -0.384 e. The summed E-state index contributed by atoms with van der Waals surface area (Å²) in [5.41, 5.74) is 1.09. The van der Waals surface area contributed by atoms with Crippen molar-refractivity contribution in [2.24, 2.45) is 5.92 Å². The molecule has 1 saturated heterocycles. The van der Waals surface area contributed by atoms with E-state index in [2.05, 4.69) is 26.7 Å². The van der Waals surface area contributed by atoms with E-state index in [1.165, 1.54) is 24.4 Å². The SMILES string of the molecule is CCCNc1snnc1CN1CCCC(COC)C1. The first-order valence-electron chi connectivity index (χ1n) is 7.09. The first-order valence-corrected chi connectivity index (χ1v) is 7.87. The first kappa shape index (κ1) is 14.7. The van der Waals surface area contributed by atoms with Crippen LogP contribution in [0.2, 0.25) is 0 Å². The normalized spacial score (nSPS) is 20.6. The molecule has 1 atom stereocenters. The fraction of sp³-hybridized carbons (Fsp3) is 0.846. The van der Waals surface area contributed by atoms with Crippen LogP contribution in [0.15, 0.2) is 0 Å². The number of ether oxygens (including phenoxy) is 1. The highest BCUT2D eigenvalue weighted by atomic mass is 32.1. The molecule has 0 amide bonds. The van der Waals surface area contributed by atoms with E-state index in [9.17, 15) is 0 Å². The number of anilines is 1. The van der Waals surface area contributed by atoms with Gasteiger partial charge in [0.2, 0.25) is 0 Å². The Hall–Kier alpha value is -0.720. The second-order valence-electron chi connectivity index (χ2n) is 5.17. The lowest BCUT2D eigenvalue weighted by atomic mass is 9.99. The van der Waals surface area contributed by atoms with Crippen LogP contribution in [-0.2, 0) is 11.3 Å². The Bertz CT molecular complexity index is 369. The van der Waals surface area contributed by atoms with Crippen molar-refractivity contribution in [2.45, 2.75) is 32.7 Å². The van der Waals surface area contributed by atoms with Crippen molar-refractivity contribution in [2.75, 3.05) is 38.7 Å². The molecule has 0 spiro atoms. The summed E-state index contributed by atoms with van der Waals surface area (Å²) in [6.45, 7) is 7.20. The zero-order chi connectivity index (χ0) is 13.5. The van der Waals surface area contributed by atoms with Crippen molar-refractivity contribution in [1.29, 1.82) is 0 Å². The van der Waals surface area contributed by atoms with Gasteiger partial charge in [-0.15, -0.1) is 5.10 Å². The molecule has 0 aliphatic carbocycles. The molecule has 2 heterocycles. The van der Waals surface area contributed by atoms with Crippen LogP contribution in [0.5, 0.6) is 0 Å². The van der Waals surface area contributed by atoms with Gasteiger partial charge >= 0.3 is 0 Å². The molecule has 0 bridgehead atoms. The third-order valence-electron chi connectivity index (χ3n) is 3.47. The molecule has 1 aliphatic rings. The molecule has 19 heavy (non-hydrogen) atoms. The van der Waals surface area contributed by atoms with Crippen molar-refractivity contribution in [3.8, 4) is 0 Å². The average Bonchev–Trinajstić information content (AvgIpc) is 2.84. The van der Waals surface area contributed by atoms with Crippen molar-refractivity contribution < 1.29 is 4.74 Å². The number of rotatable bonds is 7. The van der Waals surface area contributed by atoms with Crippen molar-refractivity contribution in [3.05, 3.63) is 5.69 Å². The number of piperidine rings is 1. The van der Waals surface area contributed by atoms with E-state index < -0.39 is 0 Å². The maximum absolute atomic E-state index is 5.28. The van der Waals surface area contributed by atoms with Crippen molar-refractivity contribution in [1.82, 2.24) is 14.5 Å². The monoisotopic (exact) mass is 284 g/mol. The van der Waals surface area contributed by atoms with Crippen LogP contribution in [0, 0.1) is 5.92 Å². The third-order valence-corrected chi connectivity index (χ3v) is 4.20. The number of nitrogens with one attached hydrogen (secondary N) is 1. The quantitative estimate of drug-likeness (QED) is 0.832. The summed E-state index contributed by atoms with van der Waals surface area (Å²) in [4.78, 5) is 2.47. The minimum absolute atomic E-state index is 0.664. The van der Waals surface area contributed by atoms with E-state index in [0.717, 1.165) is 49.9 Å². The largest absolute Gasteiger partial charge is 0.384 e. The van der Waals surface area contributed by atoms with E-state index in [1.54, 1.807) is 7.11 Å². The van der Waals surface area contributed by atoms with E-state index in [0.29, 0.717) is 5.92 Å². The van der Waals surface area contributed by atoms with Crippen LogP contribution in [0.25, 0.3) is 0 Å². The Morgan fingerprint density at radius 2 is 2.42 bits per heavy atom. The van der Waals surface area contributed by atoms with Gasteiger partial charge in [0.25, 0.3) is 0 Å². The Labute approximate surface area is 119 Å². The summed E-state index contributed by atoms with van der Waals surface area (Å²) in [6, 6.07) is 0. The Balaban J connectivity index is 1.87. The maximum Gasteiger partial charge on any atom is 0.134 e. The molecule has 6 heteroatoms. The zero-order valence-corrected chi connectivity index (χ0v) is 12.7. The molecule has 1 fully saturated rings. The molecule has 1 unspecified atom stereocenters. The van der Waals surface area contributed by atoms with Crippen molar-refractivity contribution >= 4 is 16.5 Å². The zero-order valence-electron chi connectivity index (χ0n) is 11.9. The Morgan fingerprint density at radius 1 is 1.53 bits per heavy atom. The molecule has 2 rings (SSSR count). The minimum atomic E-state index is 0.664. The summed E-state index contributed by atoms with van der Waals surface area (Å²) in [5.74, 6) is 0.664. The molecule has 0 radical (unpaired) electrons. The number of nitrogens with zero attached hydrogens (tertiary/aromatic N) is 3. The lowest BCUT2D eigenvalue weighted by Crippen LogP contribution is -2.36. The second-order valence-corrected chi connectivity index (χ2v) is 5.93. The smallest absolute Gasteiger partial charge is 0.134 e. The van der Waals surface area contributed by atoms with Gasteiger partial charge in [0.15, 0.2) is 0 Å². The number of likely N-dealkylation sites (tertiary alicyclic amines) is 1. The van der Waals surface area contributed by atoms with Crippen LogP contribution < -0.4 is 5.32 Å². The van der Waals surface area contributed by atoms with E-state index in [-0.39, 0.29) is 0 Å². The molecule has 0 aromatic carbocycles. The standard InChI is InChI=1S/C13H24N4OS/c1-3-6-14-13-12(15-16-19-13)9-17-7-4-5-11(8-17)10-18-2/h11,14H,3-10H2,1-2H3. The van der Waals surface area contributed by atoms with Gasteiger partial charge < -0.3 is 10.1 Å². The molecule has 5 nitrogen and oxygen atoms in total. The van der Waals surface area contributed by atoms with E-state index >= 15 is 0 Å². The molecular formula is C13H24N4OS. The number of methoxy groups -OCH3 is 1. The summed E-state index contributed by atoms with van der Waals surface area (Å²) in [7, 11) is 1.79. The third kappa shape index (κ3) is 4.40. The maximum atomic E-state index is 5.28. The molecule has 1 aromatic rings. The lowest BCUT2D eigenvalue weighted by Gasteiger charge is -2.31. The average molecular weight is 284 g/mol. The second kappa shape index (κ2) is 7.77. The van der Waals surface area contributed by atoms with Crippen LogP contribution in [0.1, 0.15) is 31.9 Å². The van der Waals surface area contributed by atoms with Gasteiger partial charge in [-0.2, -0.15) is 0 Å². The summed E-state index contributed by atoms with van der Waals surface area (Å²) < 4.78 is 9.35. The number of hydrogen-bond acceptors (Lipinski definition) is 6. The summed E-state index contributed by atoms with van der Waals surface area (Å²) in [6.07, 6.45) is 3.65. The predicted octanol–water partition coefficient (Wildman–Crippen LogP) is 2.22. The Morgan fingerprint density at radius 3 is 3.21 bits per heavy atom. The van der Waals surface area contributed by atoms with Gasteiger partial charge in [-0.05, 0) is 31.7 Å². The van der Waals surface area contributed by atoms with Gasteiger partial charge in [-0.3, -0.25) is 4.90 Å². The lowest BCUT2D eigenvalue weighted by molar-refractivity contribution is 0.0869. The molecule has 1 N–H and O–H groups in total. The van der Waals surface area contributed by atoms with Crippen molar-refractivity contribution in [3.63, 3.8) is 0 Å². The van der Waals surface area contributed by atoms with Gasteiger partial charge in [-0.25, -0.2) is 0 Å². The number of aromatic nitrogens is 2. The molecule has 0 saturated carbocycles. The van der Waals surface area contributed by atoms with E-state index in [1.807, 2.05) is 0 Å². The predicted molar refractivity (Wildman–Crippen MR) is 78.6 cm³/mol. The van der Waals surface area contributed by atoms with E-state index in [4.69, 9.17) is 4.74 Å². The highest BCUT2D eigenvalue weighted by molar-refractivity contribution is 7.10. The Kier molecular flexibility index (Phi) is 6.00. The summed E-state index contributed by atoms with van der Waals surface area (Å²) in [5, 5.41) is 8.81. The first-order chi connectivity index (χ1) is 9.33.